The van der Waals surface area contributed by atoms with E-state index < -0.39 is 17.7 Å². The summed E-state index contributed by atoms with van der Waals surface area (Å²) in [7, 11) is 1.55. The number of aliphatic hydroxyl groups excluding tert-OH is 1. The number of carbonyl (C=O) groups is 2. The lowest BCUT2D eigenvalue weighted by Crippen LogP contribution is -2.29. The first-order chi connectivity index (χ1) is 14.9. The molecule has 4 rings (SSSR count). The number of aliphatic hydroxyl groups is 1. The molecule has 3 aromatic rings. The summed E-state index contributed by atoms with van der Waals surface area (Å²) in [6.45, 7) is 4.06. The fourth-order valence-electron chi connectivity index (χ4n) is 3.97. The van der Waals surface area contributed by atoms with Gasteiger partial charge in [-0.25, -0.2) is 0 Å². The molecule has 31 heavy (non-hydrogen) atoms. The molecule has 2 aromatic carbocycles. The summed E-state index contributed by atoms with van der Waals surface area (Å²) >= 11 is 1.52. The third kappa shape index (κ3) is 3.75. The first-order valence-electron chi connectivity index (χ1n) is 9.93. The standard InChI is InChI=1S/C25H23NO4S/c1-15-10-11-16(2)19(13-15)23(27)21-22(18-8-4-5-9-20(18)30-3)26(25(29)24(21)28)14-17-7-6-12-31-17/h4-13,22,27H,14H2,1-3H3/b23-21+. The lowest BCUT2D eigenvalue weighted by Gasteiger charge is -2.26. The van der Waals surface area contributed by atoms with Gasteiger partial charge in [-0.3, -0.25) is 9.59 Å². The van der Waals surface area contributed by atoms with Crippen LogP contribution in [-0.2, 0) is 16.1 Å². The topological polar surface area (TPSA) is 66.8 Å². The zero-order valence-corrected chi connectivity index (χ0v) is 18.4. The summed E-state index contributed by atoms with van der Waals surface area (Å²) in [6, 6.07) is 16.0. The second-order valence-corrected chi connectivity index (χ2v) is 8.60. The molecule has 1 aromatic heterocycles. The molecular formula is C25H23NO4S. The highest BCUT2D eigenvalue weighted by molar-refractivity contribution is 7.09. The molecule has 0 aliphatic carbocycles. The molecule has 1 amide bonds. The van der Waals surface area contributed by atoms with Gasteiger partial charge in [0.05, 0.1) is 25.3 Å². The van der Waals surface area contributed by atoms with Gasteiger partial charge < -0.3 is 14.7 Å². The number of amides is 1. The van der Waals surface area contributed by atoms with Crippen molar-refractivity contribution in [1.29, 1.82) is 0 Å². The zero-order valence-electron chi connectivity index (χ0n) is 17.6. The quantitative estimate of drug-likeness (QED) is 0.350. The summed E-state index contributed by atoms with van der Waals surface area (Å²) < 4.78 is 5.54. The van der Waals surface area contributed by atoms with E-state index in [9.17, 15) is 14.7 Å². The maximum Gasteiger partial charge on any atom is 0.295 e. The molecule has 0 radical (unpaired) electrons. The molecule has 0 bridgehead atoms. The molecule has 1 saturated heterocycles. The number of nitrogens with zero attached hydrogens (tertiary/aromatic N) is 1. The minimum absolute atomic E-state index is 0.0831. The van der Waals surface area contributed by atoms with Crippen LogP contribution in [0.2, 0.25) is 0 Å². The molecule has 1 aliphatic heterocycles. The Labute approximate surface area is 185 Å². The van der Waals surface area contributed by atoms with E-state index in [1.54, 1.807) is 13.2 Å². The van der Waals surface area contributed by atoms with Crippen LogP contribution >= 0.6 is 11.3 Å². The molecule has 1 fully saturated rings. The van der Waals surface area contributed by atoms with Crippen LogP contribution in [0.3, 0.4) is 0 Å². The Morgan fingerprint density at radius 2 is 1.87 bits per heavy atom. The average molecular weight is 434 g/mol. The Balaban J connectivity index is 1.94. The van der Waals surface area contributed by atoms with Crippen molar-refractivity contribution in [2.75, 3.05) is 7.11 Å². The molecule has 1 N–H and O–H groups in total. The Bertz CT molecular complexity index is 1180. The summed E-state index contributed by atoms with van der Waals surface area (Å²) in [5.41, 5.74) is 3.07. The maximum atomic E-state index is 13.2. The van der Waals surface area contributed by atoms with Gasteiger partial charge in [-0.15, -0.1) is 11.3 Å². The third-order valence-electron chi connectivity index (χ3n) is 5.53. The third-order valence-corrected chi connectivity index (χ3v) is 6.39. The average Bonchev–Trinajstić information content (AvgIpc) is 3.37. The largest absolute Gasteiger partial charge is 0.507 e. The van der Waals surface area contributed by atoms with Crippen molar-refractivity contribution in [2.45, 2.75) is 26.4 Å². The van der Waals surface area contributed by atoms with E-state index in [1.807, 2.05) is 67.8 Å². The van der Waals surface area contributed by atoms with E-state index in [4.69, 9.17) is 4.74 Å². The number of hydrogen-bond acceptors (Lipinski definition) is 5. The molecule has 158 valence electrons. The van der Waals surface area contributed by atoms with E-state index in [1.165, 1.54) is 16.2 Å². The monoisotopic (exact) mass is 433 g/mol. The van der Waals surface area contributed by atoms with E-state index in [2.05, 4.69) is 0 Å². The van der Waals surface area contributed by atoms with Gasteiger partial charge in [-0.2, -0.15) is 0 Å². The van der Waals surface area contributed by atoms with Gasteiger partial charge >= 0.3 is 0 Å². The number of methoxy groups -OCH3 is 1. The number of rotatable bonds is 5. The normalized spacial score (nSPS) is 17.9. The van der Waals surface area contributed by atoms with Crippen molar-refractivity contribution < 1.29 is 19.4 Å². The van der Waals surface area contributed by atoms with Crippen LogP contribution in [0, 0.1) is 13.8 Å². The lowest BCUT2D eigenvalue weighted by molar-refractivity contribution is -0.140. The first-order valence-corrected chi connectivity index (χ1v) is 10.8. The highest BCUT2D eigenvalue weighted by Crippen LogP contribution is 2.43. The number of thiophene rings is 1. The molecule has 0 spiro atoms. The number of benzene rings is 2. The number of Topliss-reactive ketones (excluding diaryl/α,β-unsaturated/α-hetero) is 1. The second kappa shape index (κ2) is 8.40. The summed E-state index contributed by atoms with van der Waals surface area (Å²) in [5, 5.41) is 13.2. The van der Waals surface area contributed by atoms with Gasteiger partial charge in [0.15, 0.2) is 0 Å². The molecular weight excluding hydrogens is 410 g/mol. The summed E-state index contributed by atoms with van der Waals surface area (Å²) in [5.74, 6) is -0.927. The van der Waals surface area contributed by atoms with E-state index in [-0.39, 0.29) is 17.9 Å². The van der Waals surface area contributed by atoms with Gasteiger partial charge in [-0.1, -0.05) is 42.0 Å². The van der Waals surface area contributed by atoms with Gasteiger partial charge in [0.25, 0.3) is 11.7 Å². The highest BCUT2D eigenvalue weighted by Gasteiger charge is 2.47. The van der Waals surface area contributed by atoms with Crippen molar-refractivity contribution in [3.63, 3.8) is 0 Å². The number of carbonyl (C=O) groups excluding carboxylic acids is 2. The van der Waals surface area contributed by atoms with Crippen molar-refractivity contribution in [3.05, 3.63) is 92.7 Å². The Kier molecular flexibility index (Phi) is 5.65. The van der Waals surface area contributed by atoms with Crippen molar-refractivity contribution in [2.24, 2.45) is 0 Å². The molecule has 1 atom stereocenters. The van der Waals surface area contributed by atoms with Crippen LogP contribution in [0.5, 0.6) is 5.75 Å². The molecule has 0 saturated carbocycles. The zero-order chi connectivity index (χ0) is 22.1. The fourth-order valence-corrected chi connectivity index (χ4v) is 4.67. The van der Waals surface area contributed by atoms with Crippen LogP contribution in [0.15, 0.2) is 65.6 Å². The van der Waals surface area contributed by atoms with E-state index in [0.29, 0.717) is 16.9 Å². The summed E-state index contributed by atoms with van der Waals surface area (Å²) in [6.07, 6.45) is 0. The van der Waals surface area contributed by atoms with Crippen molar-refractivity contribution >= 4 is 28.8 Å². The Morgan fingerprint density at radius 1 is 1.10 bits per heavy atom. The SMILES string of the molecule is COc1ccccc1C1/C(=C(\O)c2cc(C)ccc2C)C(=O)C(=O)N1Cc1cccs1. The summed E-state index contributed by atoms with van der Waals surface area (Å²) in [4.78, 5) is 28.8. The number of para-hydroxylation sites is 1. The van der Waals surface area contributed by atoms with Crippen molar-refractivity contribution in [3.8, 4) is 5.75 Å². The molecule has 1 aliphatic rings. The molecule has 6 heteroatoms. The van der Waals surface area contributed by atoms with Crippen LogP contribution < -0.4 is 4.74 Å². The van der Waals surface area contributed by atoms with Gasteiger partial charge in [0, 0.05) is 16.0 Å². The van der Waals surface area contributed by atoms with Crippen LogP contribution in [0.4, 0.5) is 0 Å². The highest BCUT2D eigenvalue weighted by atomic mass is 32.1. The number of ether oxygens (including phenoxy) is 1. The Hall–Kier alpha value is -3.38. The second-order valence-electron chi connectivity index (χ2n) is 7.57. The number of ketones is 1. The molecule has 5 nitrogen and oxygen atoms in total. The number of hydrogen-bond donors (Lipinski definition) is 1. The number of likely N-dealkylation sites (tertiary alicyclic amines) is 1. The van der Waals surface area contributed by atoms with Crippen LogP contribution in [0.25, 0.3) is 5.76 Å². The van der Waals surface area contributed by atoms with Gasteiger partial charge in [-0.05, 0) is 43.0 Å². The lowest BCUT2D eigenvalue weighted by atomic mass is 9.93. The van der Waals surface area contributed by atoms with Crippen molar-refractivity contribution in [1.82, 2.24) is 4.90 Å². The minimum Gasteiger partial charge on any atom is -0.507 e. The number of aryl methyl sites for hydroxylation is 2. The van der Waals surface area contributed by atoms with E-state index >= 15 is 0 Å². The smallest absolute Gasteiger partial charge is 0.295 e. The predicted octanol–water partition coefficient (Wildman–Crippen LogP) is 5.00. The minimum atomic E-state index is -0.752. The van der Waals surface area contributed by atoms with Gasteiger partial charge in [0.2, 0.25) is 0 Å². The maximum absolute atomic E-state index is 13.2. The van der Waals surface area contributed by atoms with Crippen LogP contribution in [0.1, 0.15) is 33.2 Å². The molecule has 2 heterocycles. The van der Waals surface area contributed by atoms with E-state index in [0.717, 1.165) is 16.0 Å². The first kappa shape index (κ1) is 20.9. The Morgan fingerprint density at radius 3 is 2.58 bits per heavy atom. The van der Waals surface area contributed by atoms with Crippen LogP contribution in [-0.4, -0.2) is 28.8 Å². The van der Waals surface area contributed by atoms with Gasteiger partial charge in [0.1, 0.15) is 11.5 Å². The molecule has 1 unspecified atom stereocenters. The predicted molar refractivity (Wildman–Crippen MR) is 121 cm³/mol. The fraction of sp³-hybridized carbons (Fsp3) is 0.200.